The predicted octanol–water partition coefficient (Wildman–Crippen LogP) is 1.19. The maximum atomic E-state index is 12.6. The Bertz CT molecular complexity index is 579. The number of aromatic nitrogens is 1. The van der Waals surface area contributed by atoms with Crippen molar-refractivity contribution in [3.05, 3.63) is 24.0 Å². The van der Waals surface area contributed by atoms with Crippen molar-refractivity contribution in [1.29, 1.82) is 0 Å². The van der Waals surface area contributed by atoms with E-state index in [1.807, 2.05) is 4.90 Å². The lowest BCUT2D eigenvalue weighted by atomic mass is 10.0. The van der Waals surface area contributed by atoms with Crippen LogP contribution < -0.4 is 4.74 Å². The Morgan fingerprint density at radius 3 is 2.88 bits per heavy atom. The second kappa shape index (κ2) is 8.63. The van der Waals surface area contributed by atoms with Crippen molar-refractivity contribution < 1.29 is 19.1 Å². The zero-order valence-electron chi connectivity index (χ0n) is 14.5. The number of amides is 2. The van der Waals surface area contributed by atoms with Crippen molar-refractivity contribution in [2.24, 2.45) is 0 Å². The van der Waals surface area contributed by atoms with Gasteiger partial charge in [-0.3, -0.25) is 14.6 Å². The summed E-state index contributed by atoms with van der Waals surface area (Å²) < 4.78 is 10.1. The van der Waals surface area contributed by atoms with Gasteiger partial charge in [-0.2, -0.15) is 0 Å². The van der Waals surface area contributed by atoms with Gasteiger partial charge in [-0.05, 0) is 25.3 Å². The first-order valence-corrected chi connectivity index (χ1v) is 8.10. The van der Waals surface area contributed by atoms with Crippen LogP contribution in [-0.2, 0) is 9.53 Å². The molecule has 0 bridgehead atoms. The molecule has 1 fully saturated rings. The van der Waals surface area contributed by atoms with Crippen molar-refractivity contribution in [3.8, 4) is 5.75 Å². The molecule has 1 aliphatic rings. The first-order valence-electron chi connectivity index (χ1n) is 8.10. The molecule has 0 aromatic carbocycles. The standard InChI is InChI=1S/C17H25N3O4/c1-19(17(22)15-10-14(24-3)7-8-18-15)11-13-6-4-5-9-20(13)16(21)12-23-2/h7-8,10,13H,4-6,9,11-12H2,1-3H3/t13-/m1/s1. The van der Waals surface area contributed by atoms with Crippen LogP contribution in [0, 0.1) is 0 Å². The number of methoxy groups -OCH3 is 2. The van der Waals surface area contributed by atoms with E-state index in [-0.39, 0.29) is 24.5 Å². The van der Waals surface area contributed by atoms with Crippen LogP contribution >= 0.6 is 0 Å². The van der Waals surface area contributed by atoms with Gasteiger partial charge in [-0.1, -0.05) is 0 Å². The van der Waals surface area contributed by atoms with E-state index >= 15 is 0 Å². The molecule has 0 radical (unpaired) electrons. The fraction of sp³-hybridized carbons (Fsp3) is 0.588. The van der Waals surface area contributed by atoms with Gasteiger partial charge in [0.05, 0.1) is 7.11 Å². The molecule has 1 aromatic rings. The van der Waals surface area contributed by atoms with Gasteiger partial charge in [-0.15, -0.1) is 0 Å². The average molecular weight is 335 g/mol. The number of carbonyl (C=O) groups is 2. The van der Waals surface area contributed by atoms with Gasteiger partial charge in [0, 0.05) is 45.6 Å². The van der Waals surface area contributed by atoms with Gasteiger partial charge in [0.15, 0.2) is 0 Å². The molecule has 0 spiro atoms. The van der Waals surface area contributed by atoms with Crippen LogP contribution in [0.5, 0.6) is 5.75 Å². The molecule has 1 aliphatic heterocycles. The SMILES string of the molecule is COCC(=O)N1CCCC[C@@H]1CN(C)C(=O)c1cc(OC)ccn1. The maximum absolute atomic E-state index is 12.6. The fourth-order valence-corrected chi connectivity index (χ4v) is 2.97. The lowest BCUT2D eigenvalue weighted by Crippen LogP contribution is -2.50. The smallest absolute Gasteiger partial charge is 0.272 e. The number of hydrogen-bond acceptors (Lipinski definition) is 5. The van der Waals surface area contributed by atoms with Gasteiger partial charge < -0.3 is 19.3 Å². The summed E-state index contributed by atoms with van der Waals surface area (Å²) >= 11 is 0. The Hall–Kier alpha value is -2.15. The van der Waals surface area contributed by atoms with Crippen LogP contribution in [0.25, 0.3) is 0 Å². The van der Waals surface area contributed by atoms with E-state index in [0.717, 1.165) is 19.3 Å². The third-order valence-corrected chi connectivity index (χ3v) is 4.23. The second-order valence-electron chi connectivity index (χ2n) is 5.94. The predicted molar refractivity (Wildman–Crippen MR) is 89.0 cm³/mol. The Balaban J connectivity index is 2.04. The molecular formula is C17H25N3O4. The summed E-state index contributed by atoms with van der Waals surface area (Å²) in [6.07, 6.45) is 4.48. The third kappa shape index (κ3) is 4.44. The van der Waals surface area contributed by atoms with Crippen molar-refractivity contribution in [2.75, 3.05) is 41.0 Å². The topological polar surface area (TPSA) is 72.0 Å². The molecule has 2 rings (SSSR count). The molecule has 0 N–H and O–H groups in total. The van der Waals surface area contributed by atoms with E-state index in [1.165, 1.54) is 7.11 Å². The summed E-state index contributed by atoms with van der Waals surface area (Å²) in [5.41, 5.74) is 0.336. The Morgan fingerprint density at radius 2 is 2.17 bits per heavy atom. The van der Waals surface area contributed by atoms with Gasteiger partial charge >= 0.3 is 0 Å². The normalized spacial score (nSPS) is 17.5. The van der Waals surface area contributed by atoms with Crippen molar-refractivity contribution in [1.82, 2.24) is 14.8 Å². The number of carbonyl (C=O) groups excluding carboxylic acids is 2. The molecule has 1 saturated heterocycles. The van der Waals surface area contributed by atoms with Crippen LogP contribution in [0.2, 0.25) is 0 Å². The van der Waals surface area contributed by atoms with Crippen molar-refractivity contribution in [3.63, 3.8) is 0 Å². The number of piperidine rings is 1. The number of likely N-dealkylation sites (N-methyl/N-ethyl adjacent to an activating group) is 1. The minimum atomic E-state index is -0.182. The van der Waals surface area contributed by atoms with Gasteiger partial charge in [0.25, 0.3) is 5.91 Å². The zero-order chi connectivity index (χ0) is 17.5. The molecule has 1 aromatic heterocycles. The van der Waals surface area contributed by atoms with Crippen LogP contribution in [0.1, 0.15) is 29.8 Å². The summed E-state index contributed by atoms with van der Waals surface area (Å²) in [5, 5.41) is 0. The van der Waals surface area contributed by atoms with Crippen molar-refractivity contribution in [2.45, 2.75) is 25.3 Å². The van der Waals surface area contributed by atoms with E-state index in [2.05, 4.69) is 4.98 Å². The fourth-order valence-electron chi connectivity index (χ4n) is 2.97. The minimum absolute atomic E-state index is 0.0148. The number of hydrogen-bond donors (Lipinski definition) is 0. The summed E-state index contributed by atoms with van der Waals surface area (Å²) in [4.78, 5) is 32.3. The molecular weight excluding hydrogens is 310 g/mol. The molecule has 132 valence electrons. The number of likely N-dealkylation sites (tertiary alicyclic amines) is 1. The van der Waals surface area contributed by atoms with E-state index in [0.29, 0.717) is 24.5 Å². The van der Waals surface area contributed by atoms with E-state index in [9.17, 15) is 9.59 Å². The van der Waals surface area contributed by atoms with Crippen LogP contribution in [-0.4, -0.2) is 73.6 Å². The summed E-state index contributed by atoms with van der Waals surface area (Å²) in [5.74, 6) is 0.387. The third-order valence-electron chi connectivity index (χ3n) is 4.23. The molecule has 1 atom stereocenters. The highest BCUT2D eigenvalue weighted by Gasteiger charge is 2.29. The Kier molecular flexibility index (Phi) is 6.54. The lowest BCUT2D eigenvalue weighted by Gasteiger charge is -2.37. The molecule has 7 heteroatoms. The van der Waals surface area contributed by atoms with Gasteiger partial charge in [0.2, 0.25) is 5.91 Å². The molecule has 2 amide bonds. The zero-order valence-corrected chi connectivity index (χ0v) is 14.5. The molecule has 24 heavy (non-hydrogen) atoms. The monoisotopic (exact) mass is 335 g/mol. The Labute approximate surface area is 142 Å². The first-order chi connectivity index (χ1) is 11.6. The minimum Gasteiger partial charge on any atom is -0.497 e. The summed E-state index contributed by atoms with van der Waals surface area (Å²) in [7, 11) is 4.80. The van der Waals surface area contributed by atoms with Crippen LogP contribution in [0.15, 0.2) is 18.3 Å². The summed E-state index contributed by atoms with van der Waals surface area (Å²) in [6.45, 7) is 1.27. The largest absolute Gasteiger partial charge is 0.497 e. The average Bonchev–Trinajstić information content (AvgIpc) is 2.61. The second-order valence-corrected chi connectivity index (χ2v) is 5.94. The number of nitrogens with zero attached hydrogens (tertiary/aromatic N) is 3. The van der Waals surface area contributed by atoms with E-state index < -0.39 is 0 Å². The van der Waals surface area contributed by atoms with Gasteiger partial charge in [0.1, 0.15) is 18.1 Å². The van der Waals surface area contributed by atoms with Crippen molar-refractivity contribution >= 4 is 11.8 Å². The number of rotatable bonds is 6. The molecule has 0 unspecified atom stereocenters. The number of pyridine rings is 1. The van der Waals surface area contributed by atoms with E-state index in [4.69, 9.17) is 9.47 Å². The first kappa shape index (κ1) is 18.2. The Morgan fingerprint density at radius 1 is 1.38 bits per heavy atom. The van der Waals surface area contributed by atoms with Gasteiger partial charge in [-0.25, -0.2) is 0 Å². The van der Waals surface area contributed by atoms with E-state index in [1.54, 1.807) is 37.4 Å². The van der Waals surface area contributed by atoms with Crippen LogP contribution in [0.3, 0.4) is 0 Å². The highest BCUT2D eigenvalue weighted by atomic mass is 16.5. The highest BCUT2D eigenvalue weighted by Crippen LogP contribution is 2.19. The maximum Gasteiger partial charge on any atom is 0.272 e. The highest BCUT2D eigenvalue weighted by molar-refractivity contribution is 5.92. The quantitative estimate of drug-likeness (QED) is 0.781. The number of ether oxygens (including phenoxy) is 2. The molecule has 2 heterocycles. The lowest BCUT2D eigenvalue weighted by molar-refractivity contribution is -0.139. The molecule has 0 saturated carbocycles. The summed E-state index contributed by atoms with van der Waals surface area (Å²) in [6, 6.07) is 3.33. The molecule has 7 nitrogen and oxygen atoms in total. The molecule has 0 aliphatic carbocycles. The van der Waals surface area contributed by atoms with Crippen LogP contribution in [0.4, 0.5) is 0 Å².